The molecule has 1 nitrogen and oxygen atoms in total. The monoisotopic (exact) mass is 133 g/mol. The molecule has 1 heteroatoms. The fourth-order valence-electron chi connectivity index (χ4n) is 2.12. The fraction of sp³-hybridized carbons (Fsp3) is 0.667. The average Bonchev–Trinajstić information content (AvgIpc) is 2.06. The highest BCUT2D eigenvalue weighted by atomic mass is 14.4. The third-order valence-corrected chi connectivity index (χ3v) is 2.76. The van der Waals surface area contributed by atoms with Crippen LogP contribution in [0.15, 0.2) is 11.6 Å². The molecule has 52 valence electrons. The van der Waals surface area contributed by atoms with E-state index in [1.54, 1.807) is 0 Å². The Kier molecular flexibility index (Phi) is 1.27. The Bertz CT molecular complexity index is 201. The second kappa shape index (κ2) is 2.12. The van der Waals surface area contributed by atoms with Crippen molar-refractivity contribution in [2.24, 2.45) is 11.8 Å². The van der Waals surface area contributed by atoms with E-state index < -0.39 is 0 Å². The maximum Gasteiger partial charge on any atom is 0.0946 e. The molecule has 0 radical (unpaired) electrons. The van der Waals surface area contributed by atoms with E-state index >= 15 is 0 Å². The van der Waals surface area contributed by atoms with Gasteiger partial charge < -0.3 is 0 Å². The van der Waals surface area contributed by atoms with Gasteiger partial charge >= 0.3 is 0 Å². The summed E-state index contributed by atoms with van der Waals surface area (Å²) in [5, 5.41) is 8.69. The first-order valence-corrected chi connectivity index (χ1v) is 4.02. The zero-order valence-corrected chi connectivity index (χ0v) is 6.01. The van der Waals surface area contributed by atoms with E-state index in [0.717, 1.165) is 11.5 Å². The summed E-state index contributed by atoms with van der Waals surface area (Å²) in [5.74, 6) is 1.38. The van der Waals surface area contributed by atoms with Crippen molar-refractivity contribution in [2.45, 2.75) is 25.7 Å². The predicted octanol–water partition coefficient (Wildman–Crippen LogP) is 2.26. The molecule has 0 N–H and O–H groups in total. The minimum atomic E-state index is 0.634. The van der Waals surface area contributed by atoms with E-state index in [1.165, 1.54) is 25.7 Å². The van der Waals surface area contributed by atoms with Crippen LogP contribution in [0.5, 0.6) is 0 Å². The lowest BCUT2D eigenvalue weighted by Gasteiger charge is -2.32. The van der Waals surface area contributed by atoms with E-state index in [9.17, 15) is 0 Å². The van der Waals surface area contributed by atoms with Crippen LogP contribution in [0.1, 0.15) is 25.7 Å². The van der Waals surface area contributed by atoms with Crippen LogP contribution < -0.4 is 0 Å². The molecule has 0 spiro atoms. The summed E-state index contributed by atoms with van der Waals surface area (Å²) in [4.78, 5) is 0. The predicted molar refractivity (Wildman–Crippen MR) is 39.1 cm³/mol. The van der Waals surface area contributed by atoms with Crippen LogP contribution in [0, 0.1) is 23.2 Å². The molecule has 0 aromatic carbocycles. The largest absolute Gasteiger partial charge is 0.193 e. The lowest BCUT2D eigenvalue weighted by Crippen LogP contribution is -2.20. The van der Waals surface area contributed by atoms with Crippen molar-refractivity contribution in [1.29, 1.82) is 5.26 Å². The Hall–Kier alpha value is -0.770. The first-order chi connectivity index (χ1) is 4.90. The van der Waals surface area contributed by atoms with Crippen LogP contribution in [0.3, 0.4) is 0 Å². The van der Waals surface area contributed by atoms with Gasteiger partial charge in [-0.2, -0.15) is 5.26 Å². The lowest BCUT2D eigenvalue weighted by atomic mass is 9.72. The summed E-state index contributed by atoms with van der Waals surface area (Å²) in [6.45, 7) is 0. The Morgan fingerprint density at radius 2 is 2.00 bits per heavy atom. The molecule has 3 rings (SSSR count). The molecule has 0 aromatic rings. The Morgan fingerprint density at radius 1 is 1.30 bits per heavy atom. The van der Waals surface area contributed by atoms with E-state index in [2.05, 4.69) is 12.1 Å². The summed E-state index contributed by atoms with van der Waals surface area (Å²) in [6, 6.07) is 2.30. The first kappa shape index (κ1) is 5.97. The molecule has 0 amide bonds. The summed E-state index contributed by atoms with van der Waals surface area (Å²) in [5.41, 5.74) is 1.07. The molecule has 2 bridgehead atoms. The van der Waals surface area contributed by atoms with Gasteiger partial charge in [0.05, 0.1) is 6.07 Å². The lowest BCUT2D eigenvalue weighted by molar-refractivity contribution is 0.319. The highest BCUT2D eigenvalue weighted by Gasteiger charge is 2.28. The quantitative estimate of drug-likeness (QED) is 0.497. The van der Waals surface area contributed by atoms with Gasteiger partial charge in [0, 0.05) is 5.57 Å². The number of hydrogen-bond acceptors (Lipinski definition) is 1. The Morgan fingerprint density at radius 3 is 2.30 bits per heavy atom. The zero-order valence-electron chi connectivity index (χ0n) is 6.01. The summed E-state index contributed by atoms with van der Waals surface area (Å²) in [7, 11) is 0. The van der Waals surface area contributed by atoms with Crippen LogP contribution in [0.25, 0.3) is 0 Å². The topological polar surface area (TPSA) is 23.8 Å². The second-order valence-corrected chi connectivity index (χ2v) is 3.35. The van der Waals surface area contributed by atoms with Crippen molar-refractivity contribution >= 4 is 0 Å². The van der Waals surface area contributed by atoms with Crippen LogP contribution in [-0.4, -0.2) is 0 Å². The zero-order chi connectivity index (χ0) is 6.97. The highest BCUT2D eigenvalue weighted by Crippen LogP contribution is 2.39. The molecule has 3 aliphatic rings. The maximum atomic E-state index is 8.69. The average molecular weight is 133 g/mol. The molecule has 1 saturated carbocycles. The third kappa shape index (κ3) is 0.759. The van der Waals surface area contributed by atoms with E-state index in [0.29, 0.717) is 5.92 Å². The number of fused-ring (bicyclic) bond motifs is 2. The molecular weight excluding hydrogens is 122 g/mol. The van der Waals surface area contributed by atoms with Gasteiger partial charge in [-0.15, -0.1) is 0 Å². The molecule has 0 atom stereocenters. The summed E-state index contributed by atoms with van der Waals surface area (Å²) in [6.07, 6.45) is 7.39. The number of nitrogens with zero attached hydrogens (tertiary/aromatic N) is 1. The standard InChI is InChI=1S/C9H11N/c10-6-9-5-7-1-3-8(9)4-2-7/h5,7-8H,1-4H2. The Labute approximate surface area is 61.4 Å². The van der Waals surface area contributed by atoms with Gasteiger partial charge in [-0.3, -0.25) is 0 Å². The van der Waals surface area contributed by atoms with Gasteiger partial charge in [0.1, 0.15) is 0 Å². The van der Waals surface area contributed by atoms with Crippen molar-refractivity contribution in [3.8, 4) is 6.07 Å². The number of allylic oxidation sites excluding steroid dienone is 2. The molecule has 10 heavy (non-hydrogen) atoms. The molecule has 0 aliphatic heterocycles. The minimum Gasteiger partial charge on any atom is -0.193 e. The first-order valence-electron chi connectivity index (χ1n) is 4.02. The van der Waals surface area contributed by atoms with Crippen molar-refractivity contribution in [3.63, 3.8) is 0 Å². The van der Waals surface area contributed by atoms with Crippen molar-refractivity contribution in [2.75, 3.05) is 0 Å². The smallest absolute Gasteiger partial charge is 0.0946 e. The van der Waals surface area contributed by atoms with Crippen LogP contribution in [0.4, 0.5) is 0 Å². The third-order valence-electron chi connectivity index (χ3n) is 2.76. The molecular formula is C9H11N. The van der Waals surface area contributed by atoms with Gasteiger partial charge in [0.2, 0.25) is 0 Å². The number of hydrogen-bond donors (Lipinski definition) is 0. The number of nitriles is 1. The molecule has 0 unspecified atom stereocenters. The molecule has 0 aromatic heterocycles. The molecule has 3 aliphatic carbocycles. The Balaban J connectivity index is 2.29. The normalized spacial score (nSPS) is 36.9. The van der Waals surface area contributed by atoms with Crippen molar-refractivity contribution in [1.82, 2.24) is 0 Å². The van der Waals surface area contributed by atoms with E-state index in [-0.39, 0.29) is 0 Å². The molecule has 0 saturated heterocycles. The van der Waals surface area contributed by atoms with Gasteiger partial charge in [-0.25, -0.2) is 0 Å². The van der Waals surface area contributed by atoms with E-state index in [1.807, 2.05) is 0 Å². The second-order valence-electron chi connectivity index (χ2n) is 3.35. The van der Waals surface area contributed by atoms with Gasteiger partial charge in [0.25, 0.3) is 0 Å². The minimum absolute atomic E-state index is 0.634. The van der Waals surface area contributed by atoms with Crippen molar-refractivity contribution in [3.05, 3.63) is 11.6 Å². The number of rotatable bonds is 0. The van der Waals surface area contributed by atoms with Crippen LogP contribution in [0.2, 0.25) is 0 Å². The fourth-order valence-corrected chi connectivity index (χ4v) is 2.12. The summed E-state index contributed by atoms with van der Waals surface area (Å²) >= 11 is 0. The SMILES string of the molecule is N#CC1=CC2CCC1CC2. The highest BCUT2D eigenvalue weighted by molar-refractivity contribution is 5.28. The van der Waals surface area contributed by atoms with Crippen LogP contribution in [-0.2, 0) is 0 Å². The summed E-state index contributed by atoms with van der Waals surface area (Å²) < 4.78 is 0. The van der Waals surface area contributed by atoms with Crippen LogP contribution >= 0.6 is 0 Å². The van der Waals surface area contributed by atoms with E-state index in [4.69, 9.17) is 5.26 Å². The van der Waals surface area contributed by atoms with Crippen molar-refractivity contribution < 1.29 is 0 Å². The maximum absolute atomic E-state index is 8.69. The van der Waals surface area contributed by atoms with Gasteiger partial charge in [-0.1, -0.05) is 6.08 Å². The van der Waals surface area contributed by atoms with Gasteiger partial charge in [0.15, 0.2) is 0 Å². The van der Waals surface area contributed by atoms with Gasteiger partial charge in [-0.05, 0) is 37.5 Å². The molecule has 0 heterocycles. The molecule has 1 fully saturated rings.